The van der Waals surface area contributed by atoms with Gasteiger partial charge >= 0.3 is 0 Å². The highest BCUT2D eigenvalue weighted by molar-refractivity contribution is 5.98. The molecule has 2 atom stereocenters. The molecule has 0 heterocycles. The van der Waals surface area contributed by atoms with Gasteiger partial charge in [-0.2, -0.15) is 0 Å². The second-order valence-corrected chi connectivity index (χ2v) is 6.42. The van der Waals surface area contributed by atoms with Crippen LogP contribution < -0.4 is 16.4 Å². The average molecular weight is 328 g/mol. The summed E-state index contributed by atoms with van der Waals surface area (Å²) in [6, 6.07) is 6.64. The van der Waals surface area contributed by atoms with E-state index in [4.69, 9.17) is 5.73 Å². The van der Waals surface area contributed by atoms with Gasteiger partial charge in [0.2, 0.25) is 5.91 Å². The van der Waals surface area contributed by atoms with Crippen LogP contribution in [0.1, 0.15) is 45.0 Å². The van der Waals surface area contributed by atoms with Crippen molar-refractivity contribution in [2.45, 2.75) is 46.2 Å². The fourth-order valence-corrected chi connectivity index (χ4v) is 1.65. The number of benzene rings is 1. The van der Waals surface area contributed by atoms with Crippen LogP contribution in [0.3, 0.4) is 0 Å². The van der Waals surface area contributed by atoms with E-state index in [1.807, 2.05) is 20.8 Å². The first-order chi connectivity index (χ1) is 9.60. The van der Waals surface area contributed by atoms with Gasteiger partial charge in [0, 0.05) is 22.8 Å². The number of carbonyl (C=O) groups excluding carboxylic acids is 2. The smallest absolute Gasteiger partial charge is 0.251 e. The van der Waals surface area contributed by atoms with E-state index in [0.717, 1.165) is 0 Å². The molecule has 0 aliphatic rings. The lowest BCUT2D eigenvalue weighted by Gasteiger charge is -2.21. The van der Waals surface area contributed by atoms with Crippen molar-refractivity contribution in [2.75, 3.05) is 5.32 Å². The van der Waals surface area contributed by atoms with Gasteiger partial charge in [-0.25, -0.2) is 0 Å². The van der Waals surface area contributed by atoms with Crippen molar-refractivity contribution in [1.82, 2.24) is 5.32 Å². The van der Waals surface area contributed by atoms with Crippen LogP contribution in [0.15, 0.2) is 24.3 Å². The predicted octanol–water partition coefficient (Wildman–Crippen LogP) is 2.56. The highest BCUT2D eigenvalue weighted by Crippen LogP contribution is 2.14. The van der Waals surface area contributed by atoms with Gasteiger partial charge in [0.1, 0.15) is 0 Å². The molecule has 1 aromatic carbocycles. The van der Waals surface area contributed by atoms with Crippen LogP contribution >= 0.6 is 12.4 Å². The van der Waals surface area contributed by atoms with Gasteiger partial charge in [-0.05, 0) is 45.9 Å². The number of hydrogen-bond donors (Lipinski definition) is 3. The van der Waals surface area contributed by atoms with Crippen LogP contribution in [0, 0.1) is 5.92 Å². The molecule has 2 amide bonds. The summed E-state index contributed by atoms with van der Waals surface area (Å²) in [7, 11) is 0. The summed E-state index contributed by atoms with van der Waals surface area (Å²) >= 11 is 0. The third-order valence-electron chi connectivity index (χ3n) is 3.08. The zero-order valence-corrected chi connectivity index (χ0v) is 14.6. The molecule has 0 aromatic heterocycles. The van der Waals surface area contributed by atoms with Crippen molar-refractivity contribution in [3.63, 3.8) is 0 Å². The molecule has 6 heteroatoms. The van der Waals surface area contributed by atoms with Gasteiger partial charge in [-0.3, -0.25) is 9.59 Å². The normalized spacial score (nSPS) is 13.5. The van der Waals surface area contributed by atoms with Gasteiger partial charge in [0.05, 0.1) is 5.92 Å². The maximum Gasteiger partial charge on any atom is 0.251 e. The molecule has 0 saturated carbocycles. The summed E-state index contributed by atoms with van der Waals surface area (Å²) in [6.45, 7) is 9.32. The van der Waals surface area contributed by atoms with E-state index in [2.05, 4.69) is 10.6 Å². The molecule has 0 bridgehead atoms. The number of halogens is 1. The van der Waals surface area contributed by atoms with Gasteiger partial charge < -0.3 is 16.4 Å². The van der Waals surface area contributed by atoms with Crippen LogP contribution in [0.25, 0.3) is 0 Å². The van der Waals surface area contributed by atoms with E-state index in [1.54, 1.807) is 38.1 Å². The van der Waals surface area contributed by atoms with Crippen molar-refractivity contribution in [2.24, 2.45) is 11.7 Å². The molecule has 0 radical (unpaired) electrons. The lowest BCUT2D eigenvalue weighted by molar-refractivity contribution is -0.119. The maximum absolute atomic E-state index is 12.1. The highest BCUT2D eigenvalue weighted by Gasteiger charge is 2.18. The Labute approximate surface area is 138 Å². The van der Waals surface area contributed by atoms with Crippen molar-refractivity contribution in [1.29, 1.82) is 0 Å². The Kier molecular flexibility index (Phi) is 7.56. The van der Waals surface area contributed by atoms with E-state index in [9.17, 15) is 9.59 Å². The first-order valence-corrected chi connectivity index (χ1v) is 7.09. The van der Waals surface area contributed by atoms with Crippen molar-refractivity contribution < 1.29 is 9.59 Å². The Morgan fingerprint density at radius 1 is 1.18 bits per heavy atom. The third kappa shape index (κ3) is 6.45. The first-order valence-electron chi connectivity index (χ1n) is 7.09. The number of nitrogens with one attached hydrogen (secondary N) is 2. The fourth-order valence-electron chi connectivity index (χ4n) is 1.65. The second kappa shape index (κ2) is 8.15. The Morgan fingerprint density at radius 3 is 2.27 bits per heavy atom. The van der Waals surface area contributed by atoms with Gasteiger partial charge in [-0.15, -0.1) is 12.4 Å². The van der Waals surface area contributed by atoms with Crippen LogP contribution in [-0.2, 0) is 4.79 Å². The standard InChI is InChI=1S/C16H25N3O2.ClH/c1-10(11(2)17)14(20)18-13-8-6-7-12(9-13)15(21)19-16(3,4)5;/h6-11H,17H2,1-5H3,(H,18,20)(H,19,21);1H. The Balaban J connectivity index is 0.00000441. The van der Waals surface area contributed by atoms with E-state index in [0.29, 0.717) is 11.3 Å². The van der Waals surface area contributed by atoms with E-state index < -0.39 is 0 Å². The Morgan fingerprint density at radius 2 is 1.77 bits per heavy atom. The van der Waals surface area contributed by atoms with E-state index in [1.165, 1.54) is 0 Å². The molecule has 0 aliphatic carbocycles. The largest absolute Gasteiger partial charge is 0.347 e. The monoisotopic (exact) mass is 327 g/mol. The number of rotatable bonds is 4. The zero-order chi connectivity index (χ0) is 16.2. The molecule has 0 saturated heterocycles. The van der Waals surface area contributed by atoms with Gasteiger partial charge in [0.25, 0.3) is 5.91 Å². The lowest BCUT2D eigenvalue weighted by atomic mass is 10.0. The number of hydrogen-bond acceptors (Lipinski definition) is 3. The van der Waals surface area contributed by atoms with Gasteiger partial charge in [0.15, 0.2) is 0 Å². The molecule has 22 heavy (non-hydrogen) atoms. The minimum absolute atomic E-state index is 0. The van der Waals surface area contributed by atoms with Crippen LogP contribution in [-0.4, -0.2) is 23.4 Å². The molecule has 1 rings (SSSR count). The van der Waals surface area contributed by atoms with E-state index >= 15 is 0 Å². The summed E-state index contributed by atoms with van der Waals surface area (Å²) in [5, 5.41) is 5.67. The minimum atomic E-state index is -0.306. The summed E-state index contributed by atoms with van der Waals surface area (Å²) in [5.41, 5.74) is 6.51. The SMILES string of the molecule is CC(N)C(C)C(=O)Nc1cccc(C(=O)NC(C)(C)C)c1.Cl. The van der Waals surface area contributed by atoms with Crippen LogP contribution in [0.2, 0.25) is 0 Å². The molecule has 0 fully saturated rings. The van der Waals surface area contributed by atoms with Crippen molar-refractivity contribution in [3.05, 3.63) is 29.8 Å². The zero-order valence-electron chi connectivity index (χ0n) is 13.8. The average Bonchev–Trinajstić information content (AvgIpc) is 2.35. The molecule has 4 N–H and O–H groups in total. The molecule has 0 aliphatic heterocycles. The second-order valence-electron chi connectivity index (χ2n) is 6.42. The first kappa shape index (κ1) is 20.4. The van der Waals surface area contributed by atoms with Crippen LogP contribution in [0.4, 0.5) is 5.69 Å². The van der Waals surface area contributed by atoms with E-state index in [-0.39, 0.29) is 41.7 Å². The summed E-state index contributed by atoms with van der Waals surface area (Å²) in [6.07, 6.45) is 0. The van der Waals surface area contributed by atoms with Crippen LogP contribution in [0.5, 0.6) is 0 Å². The predicted molar refractivity (Wildman–Crippen MR) is 92.4 cm³/mol. The summed E-state index contributed by atoms with van der Waals surface area (Å²) < 4.78 is 0. The Bertz CT molecular complexity index is 524. The van der Waals surface area contributed by atoms with Gasteiger partial charge in [-0.1, -0.05) is 13.0 Å². The molecule has 2 unspecified atom stereocenters. The quantitative estimate of drug-likeness (QED) is 0.794. The summed E-state index contributed by atoms with van der Waals surface area (Å²) in [5.74, 6) is -0.616. The molecular formula is C16H26ClN3O2. The molecule has 0 spiro atoms. The number of nitrogens with two attached hydrogens (primary N) is 1. The molecule has 124 valence electrons. The summed E-state index contributed by atoms with van der Waals surface area (Å²) in [4.78, 5) is 24.1. The fraction of sp³-hybridized carbons (Fsp3) is 0.500. The number of anilines is 1. The molecular weight excluding hydrogens is 302 g/mol. The lowest BCUT2D eigenvalue weighted by Crippen LogP contribution is -2.40. The topological polar surface area (TPSA) is 84.2 Å². The maximum atomic E-state index is 12.1. The molecule has 1 aromatic rings. The third-order valence-corrected chi connectivity index (χ3v) is 3.08. The number of carbonyl (C=O) groups is 2. The molecule has 5 nitrogen and oxygen atoms in total. The number of amides is 2. The minimum Gasteiger partial charge on any atom is -0.347 e. The van der Waals surface area contributed by atoms with Crippen molar-refractivity contribution >= 4 is 29.9 Å². The highest BCUT2D eigenvalue weighted by atomic mass is 35.5. The van der Waals surface area contributed by atoms with Crippen molar-refractivity contribution in [3.8, 4) is 0 Å². The Hall–Kier alpha value is -1.59.